The van der Waals surface area contributed by atoms with Gasteiger partial charge >= 0.3 is 0 Å². The minimum absolute atomic E-state index is 0.0139. The normalized spacial score (nSPS) is 15.3. The van der Waals surface area contributed by atoms with Crippen LogP contribution in [-0.2, 0) is 30.7 Å². The first-order chi connectivity index (χ1) is 14.6. The first-order valence-electron chi connectivity index (χ1n) is 10.6. The number of nitrogens with two attached hydrogens (primary N) is 1. The van der Waals surface area contributed by atoms with E-state index in [1.54, 1.807) is 0 Å². The largest absolute Gasteiger partial charge is 0.389 e. The van der Waals surface area contributed by atoms with Crippen molar-refractivity contribution in [2.45, 2.75) is 50.7 Å². The third-order valence-electron chi connectivity index (χ3n) is 4.29. The zero-order valence-electron chi connectivity index (χ0n) is 18.1. The van der Waals surface area contributed by atoms with Crippen molar-refractivity contribution in [1.82, 2.24) is 4.90 Å². The molecule has 0 aromatic rings. The van der Waals surface area contributed by atoms with Crippen molar-refractivity contribution in [3.05, 3.63) is 0 Å². The molecule has 3 atom stereocenters. The van der Waals surface area contributed by atoms with Crippen LogP contribution in [0.2, 0.25) is 0 Å². The molecule has 31 heavy (non-hydrogen) atoms. The third-order valence-corrected chi connectivity index (χ3v) is 5.73. The highest BCUT2D eigenvalue weighted by atomic mass is 32.2. The van der Waals surface area contributed by atoms with Gasteiger partial charge in [-0.3, -0.25) is 9.45 Å². The molecule has 0 aliphatic carbocycles. The summed E-state index contributed by atoms with van der Waals surface area (Å²) in [5.74, 6) is -0.264. The summed E-state index contributed by atoms with van der Waals surface area (Å²) in [5.41, 5.74) is 5.50. The summed E-state index contributed by atoms with van der Waals surface area (Å²) in [6.45, 7) is 2.37. The van der Waals surface area contributed by atoms with Gasteiger partial charge in [-0.05, 0) is 38.8 Å². The number of ether oxygens (including phenoxy) is 2. The number of nitrogens with zero attached hydrogens (tertiary/aromatic N) is 1. The average Bonchev–Trinajstić information content (AvgIpc) is 2.66. The lowest BCUT2D eigenvalue weighted by atomic mass is 10.1. The molecule has 188 valence electrons. The van der Waals surface area contributed by atoms with Crippen molar-refractivity contribution in [3.8, 4) is 0 Å². The number of hydrogen-bond acceptors (Lipinski definition) is 9. The highest BCUT2D eigenvalue weighted by Gasteiger charge is 2.16. The maximum atomic E-state index is 10.7. The minimum Gasteiger partial charge on any atom is -0.389 e. The van der Waals surface area contributed by atoms with Crippen molar-refractivity contribution in [3.63, 3.8) is 0 Å². The van der Waals surface area contributed by atoms with E-state index < -0.39 is 39.2 Å². The summed E-state index contributed by atoms with van der Waals surface area (Å²) >= 11 is -1.85. The predicted octanol–water partition coefficient (Wildman–Crippen LogP) is -0.548. The Morgan fingerprint density at radius 1 is 0.903 bits per heavy atom. The van der Waals surface area contributed by atoms with Gasteiger partial charge < -0.3 is 30.0 Å². The van der Waals surface area contributed by atoms with Gasteiger partial charge in [-0.1, -0.05) is 12.8 Å². The SMILES string of the molecule is NCCCCCCN(CC(O)COCCCS(=O)O)CC(O)COCCCS(=O)(=O)O. The van der Waals surface area contributed by atoms with E-state index in [2.05, 4.69) is 0 Å². The highest BCUT2D eigenvalue weighted by molar-refractivity contribution is 7.85. The standard InChI is InChI=1S/C18H40N2O9S2/c19-7-3-1-2-4-8-20(13-17(21)15-28-9-5-11-30(23)24)14-18(22)16-29-10-6-12-31(25,26)27/h17-18,21-22H,1-16,19H2,(H,23,24)(H,25,26,27). The Morgan fingerprint density at radius 2 is 1.45 bits per heavy atom. The van der Waals surface area contributed by atoms with Crippen molar-refractivity contribution in [2.24, 2.45) is 5.73 Å². The summed E-state index contributed by atoms with van der Waals surface area (Å²) in [4.78, 5) is 1.92. The van der Waals surface area contributed by atoms with Crippen LogP contribution in [0.4, 0.5) is 0 Å². The Kier molecular flexibility index (Phi) is 19.1. The van der Waals surface area contributed by atoms with E-state index >= 15 is 0 Å². The first kappa shape index (κ1) is 30.8. The van der Waals surface area contributed by atoms with Crippen LogP contribution in [0.5, 0.6) is 0 Å². The number of rotatable bonds is 22. The molecule has 0 rings (SSSR count). The van der Waals surface area contributed by atoms with E-state index in [-0.39, 0.29) is 45.1 Å². The van der Waals surface area contributed by atoms with Crippen LogP contribution >= 0.6 is 0 Å². The Hall–Kier alpha value is -0.220. The summed E-state index contributed by atoms with van der Waals surface area (Å²) in [7, 11) is -4.02. The first-order valence-corrected chi connectivity index (χ1v) is 13.5. The maximum Gasteiger partial charge on any atom is 0.264 e. The van der Waals surface area contributed by atoms with Crippen LogP contribution in [-0.4, -0.2) is 113 Å². The van der Waals surface area contributed by atoms with Gasteiger partial charge in [0.1, 0.15) is 0 Å². The molecule has 0 aromatic carbocycles. The Morgan fingerprint density at radius 3 is 1.97 bits per heavy atom. The molecule has 0 bridgehead atoms. The molecule has 0 aliphatic rings. The quantitative estimate of drug-likeness (QED) is 0.0743. The molecule has 0 radical (unpaired) electrons. The van der Waals surface area contributed by atoms with E-state index in [0.29, 0.717) is 26.1 Å². The van der Waals surface area contributed by atoms with Gasteiger partial charge in [0, 0.05) is 26.3 Å². The summed E-state index contributed by atoms with van der Waals surface area (Å²) in [6.07, 6.45) is 2.81. The molecule has 0 aliphatic heterocycles. The van der Waals surface area contributed by atoms with E-state index in [9.17, 15) is 22.8 Å². The van der Waals surface area contributed by atoms with Crippen molar-refractivity contribution in [2.75, 3.05) is 64.1 Å². The van der Waals surface area contributed by atoms with Gasteiger partial charge in [-0.15, -0.1) is 0 Å². The molecule has 0 fully saturated rings. The van der Waals surface area contributed by atoms with Crippen LogP contribution in [0.3, 0.4) is 0 Å². The molecule has 0 spiro atoms. The molecular formula is C18H40N2O9S2. The van der Waals surface area contributed by atoms with Crippen molar-refractivity contribution >= 4 is 21.2 Å². The molecule has 11 nitrogen and oxygen atoms in total. The summed E-state index contributed by atoms with van der Waals surface area (Å²) in [6, 6.07) is 0. The van der Waals surface area contributed by atoms with Crippen LogP contribution in [0, 0.1) is 0 Å². The molecule has 0 aromatic heterocycles. The van der Waals surface area contributed by atoms with Crippen LogP contribution in [0.1, 0.15) is 38.5 Å². The van der Waals surface area contributed by atoms with Crippen LogP contribution in [0.15, 0.2) is 0 Å². The molecular weight excluding hydrogens is 452 g/mol. The minimum atomic E-state index is -4.02. The topological polar surface area (TPSA) is 180 Å². The highest BCUT2D eigenvalue weighted by Crippen LogP contribution is 2.05. The molecule has 3 unspecified atom stereocenters. The van der Waals surface area contributed by atoms with Crippen molar-refractivity contribution in [1.29, 1.82) is 0 Å². The van der Waals surface area contributed by atoms with E-state index in [1.165, 1.54) is 0 Å². The van der Waals surface area contributed by atoms with Crippen LogP contribution in [0.25, 0.3) is 0 Å². The zero-order chi connectivity index (χ0) is 23.5. The van der Waals surface area contributed by atoms with E-state index in [1.807, 2.05) is 4.90 Å². The Bertz CT molecular complexity index is 552. The van der Waals surface area contributed by atoms with Crippen molar-refractivity contribution < 1.29 is 41.4 Å². The van der Waals surface area contributed by atoms with Gasteiger partial charge in [0.2, 0.25) is 0 Å². The second-order valence-electron chi connectivity index (χ2n) is 7.44. The maximum absolute atomic E-state index is 10.7. The average molecular weight is 493 g/mol. The predicted molar refractivity (Wildman–Crippen MR) is 119 cm³/mol. The van der Waals surface area contributed by atoms with Gasteiger partial charge in [0.15, 0.2) is 11.1 Å². The van der Waals surface area contributed by atoms with E-state index in [4.69, 9.17) is 24.3 Å². The molecule has 13 heteroatoms. The number of hydrogen-bond donors (Lipinski definition) is 5. The van der Waals surface area contributed by atoms with Crippen LogP contribution < -0.4 is 5.73 Å². The second kappa shape index (κ2) is 19.3. The fraction of sp³-hybridized carbons (Fsp3) is 1.00. The summed E-state index contributed by atoms with van der Waals surface area (Å²) in [5, 5.41) is 20.4. The molecule has 0 saturated heterocycles. The number of unbranched alkanes of at least 4 members (excludes halogenated alkanes) is 3. The molecule has 0 amide bonds. The Labute approximate surface area is 188 Å². The molecule has 0 saturated carbocycles. The van der Waals surface area contributed by atoms with E-state index in [0.717, 1.165) is 25.7 Å². The van der Waals surface area contributed by atoms with Gasteiger partial charge in [0.25, 0.3) is 10.1 Å². The lowest BCUT2D eigenvalue weighted by Gasteiger charge is -2.27. The fourth-order valence-corrected chi connectivity index (χ4v) is 3.71. The van der Waals surface area contributed by atoms with Gasteiger partial charge in [0.05, 0.1) is 36.9 Å². The Balaban J connectivity index is 4.28. The summed E-state index contributed by atoms with van der Waals surface area (Å²) < 4.78 is 59.9. The smallest absolute Gasteiger partial charge is 0.264 e. The number of aliphatic hydroxyl groups is 2. The molecule has 0 heterocycles. The lowest BCUT2D eigenvalue weighted by Crippen LogP contribution is -2.41. The fourth-order valence-electron chi connectivity index (χ4n) is 2.86. The molecule has 6 N–H and O–H groups in total. The second-order valence-corrected chi connectivity index (χ2v) is 10.1. The van der Waals surface area contributed by atoms with Gasteiger partial charge in [-0.25, -0.2) is 4.21 Å². The zero-order valence-corrected chi connectivity index (χ0v) is 19.8. The van der Waals surface area contributed by atoms with Gasteiger partial charge in [-0.2, -0.15) is 8.42 Å². The number of aliphatic hydroxyl groups excluding tert-OH is 2. The third kappa shape index (κ3) is 22.8. The lowest BCUT2D eigenvalue weighted by molar-refractivity contribution is -0.0101. The monoisotopic (exact) mass is 492 g/mol.